The minimum absolute atomic E-state index is 0.0621. The van der Waals surface area contributed by atoms with Crippen LogP contribution in [0.5, 0.6) is 5.75 Å². The molecule has 4 heteroatoms. The molecule has 0 N–H and O–H groups in total. The molecule has 3 nitrogen and oxygen atoms in total. The first kappa shape index (κ1) is 19.3. The molecule has 0 saturated heterocycles. The molecule has 3 aromatic rings. The second-order valence-electron chi connectivity index (χ2n) is 6.98. The van der Waals surface area contributed by atoms with Gasteiger partial charge in [0, 0.05) is 28.3 Å². The van der Waals surface area contributed by atoms with Crippen molar-refractivity contribution in [3.63, 3.8) is 0 Å². The third kappa shape index (κ3) is 4.06. The average Bonchev–Trinajstić information content (AvgIpc) is 3.00. The van der Waals surface area contributed by atoms with Crippen molar-refractivity contribution in [1.29, 1.82) is 0 Å². The van der Waals surface area contributed by atoms with Crippen LogP contribution in [0.1, 0.15) is 30.0 Å². The smallest absolute Gasteiger partial charge is 0.258 e. The molecule has 3 aromatic carbocycles. The van der Waals surface area contributed by atoms with E-state index in [1.165, 1.54) is 0 Å². The largest absolute Gasteiger partial charge is 0.489 e. The number of rotatable bonds is 6. The summed E-state index contributed by atoms with van der Waals surface area (Å²) in [6.07, 6.45) is 2.87. The van der Waals surface area contributed by atoms with E-state index in [2.05, 4.69) is 6.92 Å². The monoisotopic (exact) mass is 403 g/mol. The Kier molecular flexibility index (Phi) is 5.68. The van der Waals surface area contributed by atoms with Gasteiger partial charge in [0.15, 0.2) is 0 Å². The number of anilines is 1. The van der Waals surface area contributed by atoms with Crippen molar-refractivity contribution in [3.05, 3.63) is 94.5 Å². The lowest BCUT2D eigenvalue weighted by molar-refractivity contribution is -0.113. The molecule has 0 aliphatic carbocycles. The minimum Gasteiger partial charge on any atom is -0.489 e. The van der Waals surface area contributed by atoms with Crippen LogP contribution >= 0.6 is 11.6 Å². The number of amides is 1. The molecule has 0 fully saturated rings. The lowest BCUT2D eigenvalue weighted by atomic mass is 10.0. The first-order valence-electron chi connectivity index (χ1n) is 9.76. The number of carbonyl (C=O) groups excluding carboxylic acids is 1. The van der Waals surface area contributed by atoms with E-state index in [-0.39, 0.29) is 5.91 Å². The van der Waals surface area contributed by atoms with Gasteiger partial charge in [0.25, 0.3) is 5.91 Å². The van der Waals surface area contributed by atoms with Gasteiger partial charge in [-0.25, -0.2) is 0 Å². The third-order valence-electron chi connectivity index (χ3n) is 4.95. The molecule has 1 amide bonds. The van der Waals surface area contributed by atoms with Gasteiger partial charge in [-0.3, -0.25) is 4.79 Å². The fraction of sp³-hybridized carbons (Fsp3) is 0.160. The second kappa shape index (κ2) is 8.54. The number of fused-ring (bicyclic) bond motifs is 1. The van der Waals surface area contributed by atoms with E-state index in [9.17, 15) is 4.79 Å². The summed E-state index contributed by atoms with van der Waals surface area (Å²) in [5.41, 5.74) is 4.63. The Morgan fingerprint density at radius 2 is 1.69 bits per heavy atom. The number of ether oxygens (including phenoxy) is 1. The summed E-state index contributed by atoms with van der Waals surface area (Å²) in [5.74, 6) is 0.824. The maximum Gasteiger partial charge on any atom is 0.258 e. The predicted molar refractivity (Wildman–Crippen MR) is 119 cm³/mol. The molecule has 0 saturated carbocycles. The molecule has 1 aliphatic rings. The van der Waals surface area contributed by atoms with E-state index < -0.39 is 0 Å². The van der Waals surface area contributed by atoms with Crippen LogP contribution in [0.15, 0.2) is 72.8 Å². The highest BCUT2D eigenvalue weighted by Gasteiger charge is 2.31. The lowest BCUT2D eigenvalue weighted by Gasteiger charge is -2.15. The standard InChI is InChI=1S/C25H22ClNO2/c1-2-15-27-24-10-6-4-8-21(24)22(25(27)28)16-18-11-13-20(14-12-18)29-17-19-7-3-5-9-23(19)26/h3-14,16H,2,15,17H2,1H3/b22-16-. The van der Waals surface area contributed by atoms with Gasteiger partial charge in [0.1, 0.15) is 12.4 Å². The zero-order valence-corrected chi connectivity index (χ0v) is 17.0. The highest BCUT2D eigenvalue weighted by molar-refractivity contribution is 6.35. The maximum absolute atomic E-state index is 12.9. The molecule has 29 heavy (non-hydrogen) atoms. The topological polar surface area (TPSA) is 29.5 Å². The van der Waals surface area contributed by atoms with Crippen molar-refractivity contribution in [1.82, 2.24) is 0 Å². The molecule has 0 unspecified atom stereocenters. The Labute approximate surface area is 176 Å². The Hall–Kier alpha value is -3.04. The summed E-state index contributed by atoms with van der Waals surface area (Å²) in [6.45, 7) is 3.22. The first-order chi connectivity index (χ1) is 14.2. The van der Waals surface area contributed by atoms with Gasteiger partial charge in [-0.1, -0.05) is 67.1 Å². The van der Waals surface area contributed by atoms with Crippen molar-refractivity contribution < 1.29 is 9.53 Å². The number of para-hydroxylation sites is 1. The molecule has 0 spiro atoms. The molecule has 0 aromatic heterocycles. The van der Waals surface area contributed by atoms with Gasteiger partial charge in [-0.2, -0.15) is 0 Å². The van der Waals surface area contributed by atoms with Crippen molar-refractivity contribution in [3.8, 4) is 5.75 Å². The third-order valence-corrected chi connectivity index (χ3v) is 5.32. The number of hydrogen-bond donors (Lipinski definition) is 0. The quantitative estimate of drug-likeness (QED) is 0.457. The van der Waals surface area contributed by atoms with Gasteiger partial charge in [0.05, 0.1) is 5.69 Å². The van der Waals surface area contributed by atoms with E-state index >= 15 is 0 Å². The summed E-state index contributed by atoms with van der Waals surface area (Å²) < 4.78 is 5.84. The molecule has 0 atom stereocenters. The van der Waals surface area contributed by atoms with Crippen LogP contribution in [-0.4, -0.2) is 12.5 Å². The van der Waals surface area contributed by atoms with Crippen LogP contribution < -0.4 is 9.64 Å². The Balaban J connectivity index is 1.53. The van der Waals surface area contributed by atoms with Crippen LogP contribution in [0, 0.1) is 0 Å². The summed E-state index contributed by atoms with van der Waals surface area (Å²) in [6, 6.07) is 23.4. The van der Waals surface area contributed by atoms with Gasteiger partial charge < -0.3 is 9.64 Å². The predicted octanol–water partition coefficient (Wildman–Crippen LogP) is 6.22. The van der Waals surface area contributed by atoms with Crippen LogP contribution in [0.4, 0.5) is 5.69 Å². The van der Waals surface area contributed by atoms with E-state index in [1.807, 2.05) is 83.8 Å². The van der Waals surface area contributed by atoms with E-state index in [0.717, 1.165) is 46.7 Å². The van der Waals surface area contributed by atoms with Gasteiger partial charge in [-0.15, -0.1) is 0 Å². The Morgan fingerprint density at radius 1 is 0.966 bits per heavy atom. The second-order valence-corrected chi connectivity index (χ2v) is 7.39. The fourth-order valence-corrected chi connectivity index (χ4v) is 3.69. The Morgan fingerprint density at radius 3 is 2.45 bits per heavy atom. The maximum atomic E-state index is 12.9. The van der Waals surface area contributed by atoms with Crippen molar-refractivity contribution in [2.24, 2.45) is 0 Å². The van der Waals surface area contributed by atoms with Crippen molar-refractivity contribution in [2.45, 2.75) is 20.0 Å². The van der Waals surface area contributed by atoms with Gasteiger partial charge in [-0.05, 0) is 42.3 Å². The molecule has 0 bridgehead atoms. The molecule has 4 rings (SSSR count). The van der Waals surface area contributed by atoms with Crippen molar-refractivity contribution in [2.75, 3.05) is 11.4 Å². The van der Waals surface area contributed by atoms with Crippen molar-refractivity contribution >= 4 is 34.8 Å². The highest BCUT2D eigenvalue weighted by Crippen LogP contribution is 2.37. The van der Waals surface area contributed by atoms with Crippen LogP contribution in [0.25, 0.3) is 11.6 Å². The summed E-state index contributed by atoms with van der Waals surface area (Å²) >= 11 is 6.18. The number of carbonyl (C=O) groups is 1. The molecule has 1 heterocycles. The Bertz CT molecular complexity index is 1060. The van der Waals surface area contributed by atoms with E-state index in [1.54, 1.807) is 0 Å². The average molecular weight is 404 g/mol. The minimum atomic E-state index is 0.0621. The van der Waals surface area contributed by atoms with E-state index in [0.29, 0.717) is 11.6 Å². The molecular formula is C25H22ClNO2. The number of benzene rings is 3. The number of halogens is 1. The van der Waals surface area contributed by atoms with E-state index in [4.69, 9.17) is 16.3 Å². The van der Waals surface area contributed by atoms with Crippen LogP contribution in [0.3, 0.4) is 0 Å². The highest BCUT2D eigenvalue weighted by atomic mass is 35.5. The van der Waals surface area contributed by atoms with Crippen LogP contribution in [0.2, 0.25) is 5.02 Å². The SMILES string of the molecule is CCCN1C(=O)/C(=C\c2ccc(OCc3ccccc3Cl)cc2)c2ccccc21. The van der Waals surface area contributed by atoms with Gasteiger partial charge >= 0.3 is 0 Å². The zero-order valence-electron chi connectivity index (χ0n) is 16.3. The molecule has 1 aliphatic heterocycles. The van der Waals surface area contributed by atoms with Crippen LogP contribution in [-0.2, 0) is 11.4 Å². The molecular weight excluding hydrogens is 382 g/mol. The molecule has 146 valence electrons. The summed E-state index contributed by atoms with van der Waals surface area (Å²) in [4.78, 5) is 14.8. The number of hydrogen-bond acceptors (Lipinski definition) is 2. The van der Waals surface area contributed by atoms with Gasteiger partial charge in [0.2, 0.25) is 0 Å². The fourth-order valence-electron chi connectivity index (χ4n) is 3.50. The number of nitrogens with zero attached hydrogens (tertiary/aromatic N) is 1. The first-order valence-corrected chi connectivity index (χ1v) is 10.1. The summed E-state index contributed by atoms with van der Waals surface area (Å²) in [7, 11) is 0. The lowest BCUT2D eigenvalue weighted by Crippen LogP contribution is -2.26. The summed E-state index contributed by atoms with van der Waals surface area (Å²) in [5, 5.41) is 0.698. The normalized spacial score (nSPS) is 14.3. The zero-order chi connectivity index (χ0) is 20.2. The molecule has 0 radical (unpaired) electrons.